The minimum Gasteiger partial charge on any atom is -0.480 e. The summed E-state index contributed by atoms with van der Waals surface area (Å²) in [6.07, 6.45) is 0.531. The van der Waals surface area contributed by atoms with Crippen LogP contribution in [0.5, 0.6) is 0 Å². The van der Waals surface area contributed by atoms with E-state index >= 15 is 0 Å². The molecule has 1 saturated carbocycles. The average molecular weight is 220 g/mol. The van der Waals surface area contributed by atoms with Crippen LogP contribution in [-0.2, 0) is 4.79 Å². The normalized spacial score (nSPS) is 27.6. The lowest BCUT2D eigenvalue weighted by molar-refractivity contribution is -0.139. The predicted molar refractivity (Wildman–Crippen MR) is 62.7 cm³/mol. The van der Waals surface area contributed by atoms with E-state index in [1.165, 1.54) is 0 Å². The SMILES string of the molecule is CN(C)c1ccc([C@H]2C[C@]2(N)C(=O)O)cc1. The van der Waals surface area contributed by atoms with Gasteiger partial charge in [-0.15, -0.1) is 0 Å². The second-order valence-electron chi connectivity index (χ2n) is 4.59. The van der Waals surface area contributed by atoms with Crippen molar-refractivity contribution in [2.24, 2.45) is 5.73 Å². The van der Waals surface area contributed by atoms with Crippen molar-refractivity contribution in [3.8, 4) is 0 Å². The number of carbonyl (C=O) groups is 1. The van der Waals surface area contributed by atoms with Crippen LogP contribution in [0, 0.1) is 0 Å². The third-order valence-corrected chi connectivity index (χ3v) is 3.21. The van der Waals surface area contributed by atoms with Crippen molar-refractivity contribution in [2.75, 3.05) is 19.0 Å². The van der Waals surface area contributed by atoms with Gasteiger partial charge < -0.3 is 15.7 Å². The van der Waals surface area contributed by atoms with Crippen molar-refractivity contribution in [2.45, 2.75) is 17.9 Å². The summed E-state index contributed by atoms with van der Waals surface area (Å²) in [7, 11) is 3.94. The lowest BCUT2D eigenvalue weighted by atomic mass is 10.1. The van der Waals surface area contributed by atoms with E-state index in [4.69, 9.17) is 10.8 Å². The highest BCUT2D eigenvalue weighted by molar-refractivity contribution is 5.85. The molecule has 1 fully saturated rings. The molecule has 0 heterocycles. The number of aliphatic carboxylic acids is 1. The van der Waals surface area contributed by atoms with Crippen molar-refractivity contribution in [1.82, 2.24) is 0 Å². The summed E-state index contributed by atoms with van der Waals surface area (Å²) in [5, 5.41) is 8.95. The zero-order valence-corrected chi connectivity index (χ0v) is 9.47. The summed E-state index contributed by atoms with van der Waals surface area (Å²) in [6.45, 7) is 0. The molecule has 4 heteroatoms. The lowest BCUT2D eigenvalue weighted by Crippen LogP contribution is -2.34. The second-order valence-corrected chi connectivity index (χ2v) is 4.59. The number of nitrogens with two attached hydrogens (primary N) is 1. The van der Waals surface area contributed by atoms with Crippen molar-refractivity contribution < 1.29 is 9.90 Å². The Bertz CT molecular complexity index is 414. The molecule has 1 aromatic carbocycles. The number of hydrogen-bond donors (Lipinski definition) is 2. The molecule has 0 bridgehead atoms. The quantitative estimate of drug-likeness (QED) is 0.798. The lowest BCUT2D eigenvalue weighted by Gasteiger charge is -2.13. The first kappa shape index (κ1) is 11.0. The molecule has 0 aliphatic heterocycles. The molecule has 0 aromatic heterocycles. The maximum absolute atomic E-state index is 10.9. The predicted octanol–water partition coefficient (Wildman–Crippen LogP) is 1.02. The fraction of sp³-hybridized carbons (Fsp3) is 0.417. The van der Waals surface area contributed by atoms with E-state index < -0.39 is 11.5 Å². The van der Waals surface area contributed by atoms with Crippen LogP contribution in [0.1, 0.15) is 17.9 Å². The van der Waals surface area contributed by atoms with Gasteiger partial charge in [0.25, 0.3) is 0 Å². The van der Waals surface area contributed by atoms with E-state index in [-0.39, 0.29) is 5.92 Å². The molecule has 0 unspecified atom stereocenters. The fourth-order valence-electron chi connectivity index (χ4n) is 1.94. The largest absolute Gasteiger partial charge is 0.480 e. The molecule has 86 valence electrons. The average Bonchev–Trinajstić information content (AvgIpc) is 2.93. The van der Waals surface area contributed by atoms with Gasteiger partial charge in [0.05, 0.1) is 0 Å². The Hall–Kier alpha value is -1.55. The molecule has 3 N–H and O–H groups in total. The molecule has 0 radical (unpaired) electrons. The Morgan fingerprint density at radius 2 is 2.00 bits per heavy atom. The van der Waals surface area contributed by atoms with Gasteiger partial charge in [-0.3, -0.25) is 4.79 Å². The Balaban J connectivity index is 2.16. The molecule has 0 spiro atoms. The van der Waals surface area contributed by atoms with Gasteiger partial charge in [-0.1, -0.05) is 12.1 Å². The highest BCUT2D eigenvalue weighted by Gasteiger charge is 2.58. The molecule has 2 rings (SSSR count). The first-order chi connectivity index (χ1) is 7.45. The smallest absolute Gasteiger partial charge is 0.324 e. The van der Waals surface area contributed by atoms with Crippen LogP contribution >= 0.6 is 0 Å². The second kappa shape index (κ2) is 3.49. The van der Waals surface area contributed by atoms with Crippen molar-refractivity contribution in [1.29, 1.82) is 0 Å². The summed E-state index contributed by atoms with van der Waals surface area (Å²) in [4.78, 5) is 12.9. The minimum atomic E-state index is -1.04. The number of carboxylic acid groups (broad SMARTS) is 1. The summed E-state index contributed by atoms with van der Waals surface area (Å²) in [6, 6.07) is 7.88. The Kier molecular flexibility index (Phi) is 2.39. The standard InChI is InChI=1S/C12H16N2O2/c1-14(2)9-5-3-8(4-6-9)10-7-12(10,13)11(15)16/h3-6,10H,7,13H2,1-2H3,(H,15,16)/t10-,12-/m1/s1. The maximum atomic E-state index is 10.9. The highest BCUT2D eigenvalue weighted by Crippen LogP contribution is 2.49. The Labute approximate surface area is 94.7 Å². The summed E-state index contributed by atoms with van der Waals surface area (Å²) < 4.78 is 0. The number of carboxylic acids is 1. The summed E-state index contributed by atoms with van der Waals surface area (Å²) in [5.74, 6) is -0.949. The van der Waals surface area contributed by atoms with Crippen LogP contribution in [0.2, 0.25) is 0 Å². The topological polar surface area (TPSA) is 66.6 Å². The molecule has 0 amide bonds. The minimum absolute atomic E-state index is 0.0405. The van der Waals surface area contributed by atoms with Gasteiger partial charge in [-0.25, -0.2) is 0 Å². The van der Waals surface area contributed by atoms with Gasteiger partial charge in [0.2, 0.25) is 0 Å². The molecule has 4 nitrogen and oxygen atoms in total. The number of rotatable bonds is 3. The number of nitrogens with zero attached hydrogens (tertiary/aromatic N) is 1. The Morgan fingerprint density at radius 3 is 2.38 bits per heavy atom. The zero-order chi connectivity index (χ0) is 11.9. The molecule has 16 heavy (non-hydrogen) atoms. The molecule has 0 saturated heterocycles. The van der Waals surface area contributed by atoms with Crippen molar-refractivity contribution >= 4 is 11.7 Å². The first-order valence-electron chi connectivity index (χ1n) is 5.24. The van der Waals surface area contributed by atoms with E-state index in [1.54, 1.807) is 0 Å². The molecular formula is C12H16N2O2. The van der Waals surface area contributed by atoms with Crippen molar-refractivity contribution in [3.63, 3.8) is 0 Å². The van der Waals surface area contributed by atoms with E-state index in [9.17, 15) is 4.79 Å². The Morgan fingerprint density at radius 1 is 1.44 bits per heavy atom. The molecule has 2 atom stereocenters. The molecule has 1 aliphatic rings. The number of benzene rings is 1. The first-order valence-corrected chi connectivity index (χ1v) is 5.24. The van der Waals surface area contributed by atoms with Gasteiger partial charge in [-0.2, -0.15) is 0 Å². The summed E-state index contributed by atoms with van der Waals surface area (Å²) >= 11 is 0. The van der Waals surface area contributed by atoms with E-state index in [1.807, 2.05) is 43.3 Å². The maximum Gasteiger partial charge on any atom is 0.324 e. The molecule has 1 aromatic rings. The van der Waals surface area contributed by atoms with Gasteiger partial charge >= 0.3 is 5.97 Å². The fourth-order valence-corrected chi connectivity index (χ4v) is 1.94. The third kappa shape index (κ3) is 1.65. The monoisotopic (exact) mass is 220 g/mol. The van der Waals surface area contributed by atoms with Crippen molar-refractivity contribution in [3.05, 3.63) is 29.8 Å². The van der Waals surface area contributed by atoms with Crippen LogP contribution in [0.4, 0.5) is 5.69 Å². The highest BCUT2D eigenvalue weighted by atomic mass is 16.4. The molecule has 1 aliphatic carbocycles. The molecular weight excluding hydrogens is 204 g/mol. The van der Waals surface area contributed by atoms with Gasteiger partial charge in [0, 0.05) is 25.7 Å². The van der Waals surface area contributed by atoms with E-state index in [0.29, 0.717) is 6.42 Å². The van der Waals surface area contributed by atoms with E-state index in [0.717, 1.165) is 11.3 Å². The number of hydrogen-bond acceptors (Lipinski definition) is 3. The van der Waals surface area contributed by atoms with E-state index in [2.05, 4.69) is 0 Å². The summed E-state index contributed by atoms with van der Waals surface area (Å²) in [5.41, 5.74) is 6.82. The van der Waals surface area contributed by atoms with Crippen LogP contribution in [-0.4, -0.2) is 30.7 Å². The van der Waals surface area contributed by atoms with Crippen LogP contribution in [0.25, 0.3) is 0 Å². The van der Waals surface area contributed by atoms with Gasteiger partial charge in [-0.05, 0) is 24.1 Å². The van der Waals surface area contributed by atoms with Gasteiger partial charge in [0.15, 0.2) is 0 Å². The van der Waals surface area contributed by atoms with Crippen LogP contribution < -0.4 is 10.6 Å². The van der Waals surface area contributed by atoms with Crippen LogP contribution in [0.15, 0.2) is 24.3 Å². The van der Waals surface area contributed by atoms with Gasteiger partial charge in [0.1, 0.15) is 5.54 Å². The third-order valence-electron chi connectivity index (χ3n) is 3.21. The van der Waals surface area contributed by atoms with Crippen LogP contribution in [0.3, 0.4) is 0 Å². The number of anilines is 1. The zero-order valence-electron chi connectivity index (χ0n) is 9.47.